The summed E-state index contributed by atoms with van der Waals surface area (Å²) in [6.45, 7) is 7.77. The molecule has 0 bridgehead atoms. The highest BCUT2D eigenvalue weighted by molar-refractivity contribution is 5.83. The van der Waals surface area contributed by atoms with Crippen LogP contribution in [0.4, 0.5) is 5.95 Å². The largest absolute Gasteiger partial charge is 0.371 e. The number of hydrogen-bond acceptors (Lipinski definition) is 7. The van der Waals surface area contributed by atoms with E-state index in [0.29, 0.717) is 13.2 Å². The van der Waals surface area contributed by atoms with Crippen LogP contribution in [0.3, 0.4) is 0 Å². The molecule has 4 aromatic rings. The monoisotopic (exact) mass is 509 g/mol. The Morgan fingerprint density at radius 3 is 2.37 bits per heavy atom. The maximum absolute atomic E-state index is 5.91. The van der Waals surface area contributed by atoms with Crippen molar-refractivity contribution in [3.8, 4) is 11.1 Å². The van der Waals surface area contributed by atoms with Gasteiger partial charge >= 0.3 is 0 Å². The summed E-state index contributed by atoms with van der Waals surface area (Å²) >= 11 is 0. The Bertz CT molecular complexity index is 1390. The minimum Gasteiger partial charge on any atom is -0.371 e. The molecule has 2 saturated heterocycles. The van der Waals surface area contributed by atoms with Gasteiger partial charge in [-0.2, -0.15) is 0 Å². The maximum Gasteiger partial charge on any atom is 0.225 e. The van der Waals surface area contributed by atoms with E-state index in [1.807, 2.05) is 12.4 Å². The van der Waals surface area contributed by atoms with Crippen LogP contribution in [0.15, 0.2) is 60.9 Å². The predicted octanol–water partition coefficient (Wildman–Crippen LogP) is 3.83. The number of imidazole rings is 1. The standard InChI is InChI=1S/C30H35N7O/c1-34-11-9-25(10-12-34)35-13-15-36(16-14-35)30-31-18-24(19-32-30)23-7-8-26-27(17-23)37-28(20-38-21-29(37)33-26)22-5-3-2-4-6-22/h2-8,17-19,25,28H,9-16,20-21H2,1H3/t28-/m1/s1. The highest BCUT2D eigenvalue weighted by Crippen LogP contribution is 2.33. The Morgan fingerprint density at radius 2 is 1.61 bits per heavy atom. The van der Waals surface area contributed by atoms with Crippen molar-refractivity contribution in [2.45, 2.75) is 31.5 Å². The number of fused-ring (bicyclic) bond motifs is 3. The first kappa shape index (κ1) is 23.8. The number of likely N-dealkylation sites (tertiary alicyclic amines) is 1. The molecule has 5 heterocycles. The minimum atomic E-state index is 0.118. The molecule has 0 unspecified atom stereocenters. The highest BCUT2D eigenvalue weighted by atomic mass is 16.5. The molecule has 2 fully saturated rings. The lowest BCUT2D eigenvalue weighted by molar-refractivity contribution is 0.0679. The van der Waals surface area contributed by atoms with Crippen LogP contribution in [0.2, 0.25) is 0 Å². The zero-order chi connectivity index (χ0) is 25.5. The molecule has 0 radical (unpaired) electrons. The molecular weight excluding hydrogens is 474 g/mol. The van der Waals surface area contributed by atoms with Gasteiger partial charge in [-0.1, -0.05) is 36.4 Å². The van der Waals surface area contributed by atoms with Gasteiger partial charge in [0.15, 0.2) is 0 Å². The summed E-state index contributed by atoms with van der Waals surface area (Å²) in [6, 6.07) is 17.9. The third-order valence-electron chi connectivity index (χ3n) is 8.54. The van der Waals surface area contributed by atoms with Crippen LogP contribution in [0.5, 0.6) is 0 Å². The predicted molar refractivity (Wildman–Crippen MR) is 149 cm³/mol. The first-order valence-electron chi connectivity index (χ1n) is 13.9. The van der Waals surface area contributed by atoms with Crippen molar-refractivity contribution in [2.24, 2.45) is 0 Å². The summed E-state index contributed by atoms with van der Waals surface area (Å²) in [6.07, 6.45) is 6.51. The van der Waals surface area contributed by atoms with Crippen molar-refractivity contribution in [3.05, 3.63) is 72.3 Å². The van der Waals surface area contributed by atoms with Crippen molar-refractivity contribution in [1.29, 1.82) is 0 Å². The Kier molecular flexibility index (Phi) is 6.31. The Labute approximate surface area is 223 Å². The molecule has 2 aromatic carbocycles. The lowest BCUT2D eigenvalue weighted by Crippen LogP contribution is -2.53. The van der Waals surface area contributed by atoms with E-state index < -0.39 is 0 Å². The van der Waals surface area contributed by atoms with Crippen LogP contribution in [0.1, 0.15) is 30.3 Å². The lowest BCUT2D eigenvalue weighted by Gasteiger charge is -2.42. The number of hydrogen-bond donors (Lipinski definition) is 0. The molecule has 3 aliphatic heterocycles. The van der Waals surface area contributed by atoms with Crippen LogP contribution in [-0.2, 0) is 11.3 Å². The molecule has 0 N–H and O–H groups in total. The topological polar surface area (TPSA) is 62.5 Å². The number of piperazine rings is 1. The fourth-order valence-corrected chi connectivity index (χ4v) is 6.31. The zero-order valence-corrected chi connectivity index (χ0v) is 22.0. The summed E-state index contributed by atoms with van der Waals surface area (Å²) in [4.78, 5) is 21.9. The smallest absolute Gasteiger partial charge is 0.225 e. The Balaban J connectivity index is 1.09. The van der Waals surface area contributed by atoms with Crippen molar-refractivity contribution in [2.75, 3.05) is 57.8 Å². The normalized spacial score (nSPS) is 21.6. The number of ether oxygens (including phenoxy) is 1. The van der Waals surface area contributed by atoms with Crippen molar-refractivity contribution >= 4 is 17.0 Å². The van der Waals surface area contributed by atoms with Gasteiger partial charge in [-0.15, -0.1) is 0 Å². The molecule has 8 heteroatoms. The second-order valence-corrected chi connectivity index (χ2v) is 10.9. The minimum absolute atomic E-state index is 0.118. The zero-order valence-electron chi connectivity index (χ0n) is 22.0. The second kappa shape index (κ2) is 10.1. The number of aromatic nitrogens is 4. The Morgan fingerprint density at radius 1 is 0.842 bits per heavy atom. The van der Waals surface area contributed by atoms with Crippen molar-refractivity contribution in [1.82, 2.24) is 29.3 Å². The highest BCUT2D eigenvalue weighted by Gasteiger charge is 2.28. The van der Waals surface area contributed by atoms with Gasteiger partial charge in [0, 0.05) is 50.2 Å². The number of benzene rings is 2. The molecule has 0 saturated carbocycles. The number of anilines is 1. The molecule has 2 aromatic heterocycles. The summed E-state index contributed by atoms with van der Waals surface area (Å²) < 4.78 is 8.25. The van der Waals surface area contributed by atoms with Gasteiger partial charge in [-0.3, -0.25) is 4.90 Å². The summed E-state index contributed by atoms with van der Waals surface area (Å²) in [5.74, 6) is 1.81. The van der Waals surface area contributed by atoms with Crippen LogP contribution < -0.4 is 4.90 Å². The maximum atomic E-state index is 5.91. The molecule has 1 atom stereocenters. The van der Waals surface area contributed by atoms with Gasteiger partial charge in [0.05, 0.1) is 23.7 Å². The second-order valence-electron chi connectivity index (χ2n) is 10.9. The van der Waals surface area contributed by atoms with E-state index in [0.717, 1.165) is 66.2 Å². The van der Waals surface area contributed by atoms with Crippen LogP contribution in [0, 0.1) is 0 Å². The number of piperidine rings is 1. The van der Waals surface area contributed by atoms with Crippen LogP contribution in [-0.4, -0.2) is 88.3 Å². The van der Waals surface area contributed by atoms with Gasteiger partial charge in [-0.25, -0.2) is 15.0 Å². The number of nitrogens with zero attached hydrogens (tertiary/aromatic N) is 7. The molecule has 0 amide bonds. The average molecular weight is 510 g/mol. The number of rotatable bonds is 4. The summed E-state index contributed by atoms with van der Waals surface area (Å²) in [5, 5.41) is 0. The molecule has 8 nitrogen and oxygen atoms in total. The summed E-state index contributed by atoms with van der Waals surface area (Å²) in [5.41, 5.74) is 5.50. The van der Waals surface area contributed by atoms with Crippen molar-refractivity contribution in [3.63, 3.8) is 0 Å². The molecular formula is C30H35N7O. The van der Waals surface area contributed by atoms with E-state index in [-0.39, 0.29) is 6.04 Å². The molecule has 3 aliphatic rings. The SMILES string of the molecule is CN1CCC(N2CCN(c3ncc(-c4ccc5nc6n(c5c4)[C@@H](c4ccccc4)COC6)cn3)CC2)CC1. The van der Waals surface area contributed by atoms with E-state index in [1.165, 1.54) is 31.5 Å². The lowest BCUT2D eigenvalue weighted by atomic mass is 10.0. The van der Waals surface area contributed by atoms with E-state index in [9.17, 15) is 0 Å². The quantitative estimate of drug-likeness (QED) is 0.414. The van der Waals surface area contributed by atoms with Gasteiger partial charge in [0.1, 0.15) is 12.4 Å². The summed E-state index contributed by atoms with van der Waals surface area (Å²) in [7, 11) is 2.23. The van der Waals surface area contributed by atoms with Gasteiger partial charge in [-0.05, 0) is 56.2 Å². The van der Waals surface area contributed by atoms with E-state index >= 15 is 0 Å². The Hall–Kier alpha value is -3.33. The molecule has 38 heavy (non-hydrogen) atoms. The fraction of sp³-hybridized carbons (Fsp3) is 0.433. The molecule has 0 spiro atoms. The third kappa shape index (κ3) is 4.46. The van der Waals surface area contributed by atoms with Gasteiger partial charge in [0.25, 0.3) is 0 Å². The first-order valence-corrected chi connectivity index (χ1v) is 13.9. The van der Waals surface area contributed by atoms with E-state index in [4.69, 9.17) is 19.7 Å². The average Bonchev–Trinajstić information content (AvgIpc) is 3.36. The van der Waals surface area contributed by atoms with Gasteiger partial charge < -0.3 is 19.1 Å². The molecule has 7 rings (SSSR count). The fourth-order valence-electron chi connectivity index (χ4n) is 6.31. The van der Waals surface area contributed by atoms with Gasteiger partial charge in [0.2, 0.25) is 5.95 Å². The first-order chi connectivity index (χ1) is 18.7. The van der Waals surface area contributed by atoms with E-state index in [2.05, 4.69) is 74.8 Å². The molecule has 196 valence electrons. The van der Waals surface area contributed by atoms with Crippen molar-refractivity contribution < 1.29 is 4.74 Å². The van der Waals surface area contributed by atoms with E-state index in [1.54, 1.807) is 0 Å². The third-order valence-corrected chi connectivity index (χ3v) is 8.54. The van der Waals surface area contributed by atoms with Crippen LogP contribution in [0.25, 0.3) is 22.2 Å². The molecule has 0 aliphatic carbocycles. The van der Waals surface area contributed by atoms with Crippen LogP contribution >= 0.6 is 0 Å².